The number of halogens is 1. The molecule has 2 aliphatic rings. The van der Waals surface area contributed by atoms with E-state index < -0.39 is 0 Å². The Hall–Kier alpha value is -0.580. The van der Waals surface area contributed by atoms with Crippen LogP contribution >= 0.6 is 15.9 Å². The van der Waals surface area contributed by atoms with E-state index in [4.69, 9.17) is 10.5 Å². The summed E-state index contributed by atoms with van der Waals surface area (Å²) in [6, 6.07) is 6.59. The van der Waals surface area contributed by atoms with Crippen LogP contribution in [0, 0.1) is 5.92 Å². The molecule has 0 amide bonds. The molecule has 0 saturated carbocycles. The maximum atomic E-state index is 6.03. The third-order valence-electron chi connectivity index (χ3n) is 4.28. The van der Waals surface area contributed by atoms with Crippen LogP contribution in [0.2, 0.25) is 0 Å². The number of rotatable bonds is 3. The SMILES string of the molecule is CC(N)C1CCN(CC2Cc3cc(Br)ccc3O2)C1. The van der Waals surface area contributed by atoms with Gasteiger partial charge in [0.1, 0.15) is 11.9 Å². The fourth-order valence-electron chi connectivity index (χ4n) is 3.14. The second-order valence-corrected chi connectivity index (χ2v) is 6.78. The monoisotopic (exact) mass is 324 g/mol. The summed E-state index contributed by atoms with van der Waals surface area (Å²) >= 11 is 3.52. The van der Waals surface area contributed by atoms with Crippen LogP contribution in [0.1, 0.15) is 18.9 Å². The van der Waals surface area contributed by atoms with Crippen molar-refractivity contribution in [2.45, 2.75) is 31.9 Å². The van der Waals surface area contributed by atoms with E-state index in [1.54, 1.807) is 0 Å². The van der Waals surface area contributed by atoms with Crippen molar-refractivity contribution >= 4 is 15.9 Å². The first-order valence-corrected chi connectivity index (χ1v) is 7.84. The van der Waals surface area contributed by atoms with Crippen molar-refractivity contribution in [3.63, 3.8) is 0 Å². The Morgan fingerprint density at radius 2 is 2.37 bits per heavy atom. The average Bonchev–Trinajstić information content (AvgIpc) is 2.95. The van der Waals surface area contributed by atoms with E-state index in [-0.39, 0.29) is 0 Å². The molecule has 3 atom stereocenters. The highest BCUT2D eigenvalue weighted by Gasteiger charge is 2.30. The smallest absolute Gasteiger partial charge is 0.123 e. The van der Waals surface area contributed by atoms with Crippen LogP contribution in [0.4, 0.5) is 0 Å². The fourth-order valence-corrected chi connectivity index (χ4v) is 3.54. The minimum Gasteiger partial charge on any atom is -0.488 e. The van der Waals surface area contributed by atoms with E-state index in [1.165, 1.54) is 12.0 Å². The third-order valence-corrected chi connectivity index (χ3v) is 4.77. The van der Waals surface area contributed by atoms with Gasteiger partial charge in [0.2, 0.25) is 0 Å². The van der Waals surface area contributed by atoms with Crippen molar-refractivity contribution in [3.05, 3.63) is 28.2 Å². The summed E-state index contributed by atoms with van der Waals surface area (Å²) in [5, 5.41) is 0. The molecule has 2 heterocycles. The van der Waals surface area contributed by atoms with Crippen LogP contribution in [0.5, 0.6) is 5.75 Å². The number of nitrogens with two attached hydrogens (primary N) is 1. The highest BCUT2D eigenvalue weighted by Crippen LogP contribution is 2.32. The lowest BCUT2D eigenvalue weighted by molar-refractivity contribution is 0.164. The van der Waals surface area contributed by atoms with E-state index in [2.05, 4.69) is 39.9 Å². The summed E-state index contributed by atoms with van der Waals surface area (Å²) in [7, 11) is 0. The van der Waals surface area contributed by atoms with Gasteiger partial charge in [0, 0.05) is 30.0 Å². The number of nitrogens with zero attached hydrogens (tertiary/aromatic N) is 1. The standard InChI is InChI=1S/C15H21BrN2O/c1-10(17)11-4-5-18(8-11)9-14-7-12-6-13(16)2-3-15(12)19-14/h2-3,6,10-11,14H,4-5,7-9,17H2,1H3. The van der Waals surface area contributed by atoms with E-state index in [0.717, 1.165) is 36.3 Å². The van der Waals surface area contributed by atoms with E-state index >= 15 is 0 Å². The molecule has 2 aliphatic heterocycles. The summed E-state index contributed by atoms with van der Waals surface area (Å²) in [6.45, 7) is 5.42. The topological polar surface area (TPSA) is 38.5 Å². The Labute approximate surface area is 123 Å². The average molecular weight is 325 g/mol. The lowest BCUT2D eigenvalue weighted by Gasteiger charge is -2.21. The molecule has 3 rings (SSSR count). The van der Waals surface area contributed by atoms with Gasteiger partial charge in [-0.3, -0.25) is 4.90 Å². The van der Waals surface area contributed by atoms with Crippen LogP contribution < -0.4 is 10.5 Å². The van der Waals surface area contributed by atoms with Gasteiger partial charge in [-0.1, -0.05) is 15.9 Å². The predicted octanol–water partition coefficient (Wildman–Crippen LogP) is 2.42. The van der Waals surface area contributed by atoms with Crippen LogP contribution in [0.15, 0.2) is 22.7 Å². The zero-order valence-electron chi connectivity index (χ0n) is 11.3. The molecule has 3 unspecified atom stereocenters. The quantitative estimate of drug-likeness (QED) is 0.928. The Morgan fingerprint density at radius 1 is 1.53 bits per heavy atom. The number of benzene rings is 1. The Bertz CT molecular complexity index is 463. The first-order chi connectivity index (χ1) is 9.11. The van der Waals surface area contributed by atoms with Crippen molar-refractivity contribution in [3.8, 4) is 5.75 Å². The molecule has 1 aromatic carbocycles. The Balaban J connectivity index is 1.56. The van der Waals surface area contributed by atoms with Crippen molar-refractivity contribution in [1.29, 1.82) is 0 Å². The summed E-state index contributed by atoms with van der Waals surface area (Å²) < 4.78 is 7.16. The maximum Gasteiger partial charge on any atom is 0.123 e. The van der Waals surface area contributed by atoms with Crippen molar-refractivity contribution < 1.29 is 4.74 Å². The highest BCUT2D eigenvalue weighted by atomic mass is 79.9. The molecule has 0 aliphatic carbocycles. The lowest BCUT2D eigenvalue weighted by Crippen LogP contribution is -2.35. The van der Waals surface area contributed by atoms with Crippen molar-refractivity contribution in [1.82, 2.24) is 4.90 Å². The van der Waals surface area contributed by atoms with Crippen LogP contribution in [0.3, 0.4) is 0 Å². The highest BCUT2D eigenvalue weighted by molar-refractivity contribution is 9.10. The van der Waals surface area contributed by atoms with Gasteiger partial charge in [0.25, 0.3) is 0 Å². The van der Waals surface area contributed by atoms with Gasteiger partial charge in [0.05, 0.1) is 0 Å². The minimum absolute atomic E-state index is 0.302. The van der Waals surface area contributed by atoms with Gasteiger partial charge in [-0.15, -0.1) is 0 Å². The first kappa shape index (κ1) is 13.4. The normalized spacial score (nSPS) is 28.2. The molecule has 0 bridgehead atoms. The van der Waals surface area contributed by atoms with Gasteiger partial charge in [-0.25, -0.2) is 0 Å². The minimum atomic E-state index is 0.302. The molecule has 0 radical (unpaired) electrons. The lowest BCUT2D eigenvalue weighted by atomic mass is 10.0. The first-order valence-electron chi connectivity index (χ1n) is 7.05. The van der Waals surface area contributed by atoms with Crippen molar-refractivity contribution in [2.75, 3.05) is 19.6 Å². The third kappa shape index (κ3) is 2.96. The fraction of sp³-hybridized carbons (Fsp3) is 0.600. The van der Waals surface area contributed by atoms with Gasteiger partial charge in [-0.05, 0) is 49.6 Å². The van der Waals surface area contributed by atoms with Gasteiger partial charge in [-0.2, -0.15) is 0 Å². The van der Waals surface area contributed by atoms with Gasteiger partial charge >= 0.3 is 0 Å². The molecule has 4 heteroatoms. The number of hydrogen-bond donors (Lipinski definition) is 1. The summed E-state index contributed by atoms with van der Waals surface area (Å²) in [5.41, 5.74) is 7.31. The molecular formula is C15H21BrN2O. The number of fused-ring (bicyclic) bond motifs is 1. The summed E-state index contributed by atoms with van der Waals surface area (Å²) in [4.78, 5) is 2.50. The maximum absolute atomic E-state index is 6.03. The van der Waals surface area contributed by atoms with Gasteiger partial charge < -0.3 is 10.5 Å². The number of hydrogen-bond acceptors (Lipinski definition) is 3. The molecular weight excluding hydrogens is 304 g/mol. The molecule has 2 N–H and O–H groups in total. The molecule has 1 saturated heterocycles. The molecule has 1 aromatic rings. The number of ether oxygens (including phenoxy) is 1. The second kappa shape index (κ2) is 5.43. The molecule has 19 heavy (non-hydrogen) atoms. The van der Waals surface area contributed by atoms with E-state index in [1.807, 2.05) is 6.07 Å². The van der Waals surface area contributed by atoms with Crippen LogP contribution in [0.25, 0.3) is 0 Å². The van der Waals surface area contributed by atoms with Crippen LogP contribution in [-0.2, 0) is 6.42 Å². The molecule has 3 nitrogen and oxygen atoms in total. The largest absolute Gasteiger partial charge is 0.488 e. The molecule has 0 spiro atoms. The summed E-state index contributed by atoms with van der Waals surface area (Å²) in [6.07, 6.45) is 2.55. The summed E-state index contributed by atoms with van der Waals surface area (Å²) in [5.74, 6) is 1.70. The predicted molar refractivity (Wildman–Crippen MR) is 80.5 cm³/mol. The molecule has 1 fully saturated rings. The second-order valence-electron chi connectivity index (χ2n) is 5.86. The molecule has 0 aromatic heterocycles. The van der Waals surface area contributed by atoms with E-state index in [0.29, 0.717) is 18.1 Å². The Morgan fingerprint density at radius 3 is 3.11 bits per heavy atom. The van der Waals surface area contributed by atoms with E-state index in [9.17, 15) is 0 Å². The number of likely N-dealkylation sites (tertiary alicyclic amines) is 1. The van der Waals surface area contributed by atoms with Crippen LogP contribution in [-0.4, -0.2) is 36.7 Å². The Kier molecular flexibility index (Phi) is 3.83. The van der Waals surface area contributed by atoms with Gasteiger partial charge in [0.15, 0.2) is 0 Å². The molecule has 104 valence electrons. The van der Waals surface area contributed by atoms with Crippen molar-refractivity contribution in [2.24, 2.45) is 11.7 Å². The zero-order valence-corrected chi connectivity index (χ0v) is 12.9. The zero-order chi connectivity index (χ0) is 13.4.